The average molecular weight is 200 g/mol. The third-order valence-electron chi connectivity index (χ3n) is 1.06. The number of rotatable bonds is 1. The third-order valence-corrected chi connectivity index (χ3v) is 1.55. The molecule has 0 unspecified atom stereocenters. The second kappa shape index (κ2) is 2.84. The summed E-state index contributed by atoms with van der Waals surface area (Å²) in [6.45, 7) is 0. The fourth-order valence-electron chi connectivity index (χ4n) is 0.615. The van der Waals surface area contributed by atoms with Crippen molar-refractivity contribution in [1.29, 1.82) is 0 Å². The highest BCUT2D eigenvalue weighted by Crippen LogP contribution is 2.11. The van der Waals surface area contributed by atoms with E-state index in [1.165, 1.54) is 12.1 Å². The van der Waals surface area contributed by atoms with Crippen molar-refractivity contribution in [3.63, 3.8) is 0 Å². The molecule has 0 N–H and O–H groups in total. The molecule has 0 spiro atoms. The van der Waals surface area contributed by atoms with Crippen molar-refractivity contribution in [2.45, 2.75) is 0 Å². The molecule has 2 nitrogen and oxygen atoms in total. The second-order valence-corrected chi connectivity index (χ2v) is 2.71. The molecule has 51 valence electrons. The van der Waals surface area contributed by atoms with Gasteiger partial charge >= 0.3 is 5.97 Å². The fraction of sp³-hybridized carbons (Fsp3) is 0. The molecule has 0 aliphatic heterocycles. The van der Waals surface area contributed by atoms with E-state index >= 15 is 0 Å². The molecule has 0 saturated carbocycles. The number of hydrogen-bond donors (Lipinski definition) is 0. The molecule has 0 fully saturated rings. The van der Waals surface area contributed by atoms with Gasteiger partial charge in [0.25, 0.3) is 0 Å². The summed E-state index contributed by atoms with van der Waals surface area (Å²) < 4.78 is 0.745. The van der Waals surface area contributed by atoms with Gasteiger partial charge in [-0.3, -0.25) is 0 Å². The van der Waals surface area contributed by atoms with Gasteiger partial charge in [-0.05, 0) is 18.2 Å². The lowest BCUT2D eigenvalue weighted by Gasteiger charge is -1.90. The maximum atomic E-state index is 10.2. The van der Waals surface area contributed by atoms with Crippen LogP contribution in [0.5, 0.6) is 0 Å². The molecule has 1 aromatic carbocycles. The van der Waals surface area contributed by atoms with Crippen LogP contribution in [0.3, 0.4) is 0 Å². The Labute approximate surface area is 66.6 Å². The molecule has 3 heteroatoms. The van der Waals surface area contributed by atoms with Gasteiger partial charge in [-0.15, -0.1) is 0 Å². The van der Waals surface area contributed by atoms with Crippen molar-refractivity contribution >= 4 is 21.9 Å². The first-order valence-electron chi connectivity index (χ1n) is 2.67. The Morgan fingerprint density at radius 2 is 2.10 bits per heavy atom. The first kappa shape index (κ1) is 7.28. The van der Waals surface area contributed by atoms with Crippen LogP contribution < -0.4 is 0 Å². The van der Waals surface area contributed by atoms with E-state index in [-0.39, 0.29) is 5.56 Å². The Morgan fingerprint density at radius 1 is 1.40 bits per heavy atom. The van der Waals surface area contributed by atoms with Crippen LogP contribution in [0.25, 0.3) is 0 Å². The van der Waals surface area contributed by atoms with Gasteiger partial charge in [-0.25, -0.2) is 9.90 Å². The van der Waals surface area contributed by atoms with Gasteiger partial charge in [0, 0.05) is 4.47 Å². The molecule has 1 aromatic rings. The van der Waals surface area contributed by atoms with Crippen molar-refractivity contribution < 1.29 is 9.90 Å². The van der Waals surface area contributed by atoms with Crippen molar-refractivity contribution in [3.05, 3.63) is 34.3 Å². The van der Waals surface area contributed by atoms with Crippen LogP contribution in [0.2, 0.25) is 0 Å². The zero-order valence-corrected chi connectivity index (χ0v) is 6.59. The first-order valence-corrected chi connectivity index (χ1v) is 3.46. The summed E-state index contributed by atoms with van der Waals surface area (Å²) >= 11 is 3.14. The highest BCUT2D eigenvalue weighted by Gasteiger charge is 2.02. The molecule has 0 aliphatic rings. The van der Waals surface area contributed by atoms with Crippen molar-refractivity contribution in [1.82, 2.24) is 0 Å². The molecule has 0 saturated heterocycles. The minimum absolute atomic E-state index is 0.189. The third kappa shape index (κ3) is 1.57. The summed E-state index contributed by atoms with van der Waals surface area (Å²) in [5.41, 5.74) is 0.189. The van der Waals surface area contributed by atoms with E-state index in [2.05, 4.69) is 15.9 Å². The van der Waals surface area contributed by atoms with E-state index in [1.54, 1.807) is 12.1 Å². The van der Waals surface area contributed by atoms with Crippen LogP contribution in [0, 0.1) is 0 Å². The zero-order valence-electron chi connectivity index (χ0n) is 5.00. The molecular weight excluding hydrogens is 196 g/mol. The van der Waals surface area contributed by atoms with Gasteiger partial charge in [0.2, 0.25) is 0 Å². The minimum Gasteiger partial charge on any atom is -0.242 e. The molecule has 0 amide bonds. The highest BCUT2D eigenvalue weighted by atomic mass is 79.9. The fourth-order valence-corrected chi connectivity index (χ4v) is 1.01. The topological polar surface area (TPSA) is 37.0 Å². The Morgan fingerprint density at radius 3 is 2.50 bits per heavy atom. The number of carbonyl (C=O) groups is 1. The van der Waals surface area contributed by atoms with Gasteiger partial charge in [0.05, 0.1) is 5.56 Å². The quantitative estimate of drug-likeness (QED) is 0.683. The Hall–Kier alpha value is -0.830. The predicted octanol–water partition coefficient (Wildman–Crippen LogP) is 2.02. The molecular formula is C7H4BrO2. The molecule has 0 aromatic heterocycles. The molecule has 0 aliphatic carbocycles. The van der Waals surface area contributed by atoms with Gasteiger partial charge in [0.15, 0.2) is 0 Å². The van der Waals surface area contributed by atoms with Crippen LogP contribution in [0.1, 0.15) is 10.4 Å². The van der Waals surface area contributed by atoms with Gasteiger partial charge in [-0.1, -0.05) is 22.0 Å². The lowest BCUT2D eigenvalue weighted by molar-refractivity contribution is 0.0573. The van der Waals surface area contributed by atoms with E-state index in [0.717, 1.165) is 4.47 Å². The van der Waals surface area contributed by atoms with Crippen molar-refractivity contribution in [3.8, 4) is 0 Å². The van der Waals surface area contributed by atoms with E-state index < -0.39 is 5.97 Å². The number of halogens is 1. The zero-order chi connectivity index (χ0) is 7.56. The van der Waals surface area contributed by atoms with E-state index in [0.29, 0.717) is 0 Å². The normalized spacial score (nSPS) is 9.30. The predicted molar refractivity (Wildman–Crippen MR) is 39.2 cm³/mol. The molecule has 0 atom stereocenters. The van der Waals surface area contributed by atoms with Gasteiger partial charge < -0.3 is 0 Å². The summed E-state index contributed by atoms with van der Waals surface area (Å²) in [4.78, 5) is 10.2. The number of hydrogen-bond acceptors (Lipinski definition) is 1. The van der Waals surface area contributed by atoms with Crippen LogP contribution in [0.4, 0.5) is 0 Å². The highest BCUT2D eigenvalue weighted by molar-refractivity contribution is 9.10. The molecule has 10 heavy (non-hydrogen) atoms. The van der Waals surface area contributed by atoms with Crippen LogP contribution in [-0.2, 0) is 5.11 Å². The van der Waals surface area contributed by atoms with Crippen LogP contribution in [0.15, 0.2) is 28.7 Å². The first-order chi connectivity index (χ1) is 4.70. The summed E-state index contributed by atoms with van der Waals surface area (Å²) in [5.74, 6) is -1.15. The van der Waals surface area contributed by atoms with Crippen molar-refractivity contribution in [2.75, 3.05) is 0 Å². The standard InChI is InChI=1S/C7H4BrO2/c8-6-3-1-2-5(4-6)7(9)10/h1-4H. The SMILES string of the molecule is [O]C(=O)c1cccc(Br)c1. The second-order valence-electron chi connectivity index (χ2n) is 1.80. The summed E-state index contributed by atoms with van der Waals surface area (Å²) in [6, 6.07) is 6.39. The smallest absolute Gasteiger partial charge is 0.242 e. The average Bonchev–Trinajstić information content (AvgIpc) is 1.88. The lowest BCUT2D eigenvalue weighted by atomic mass is 10.2. The number of benzene rings is 1. The van der Waals surface area contributed by atoms with E-state index in [1.807, 2.05) is 0 Å². The molecule has 1 rings (SSSR count). The van der Waals surface area contributed by atoms with Crippen LogP contribution in [-0.4, -0.2) is 5.97 Å². The van der Waals surface area contributed by atoms with E-state index in [9.17, 15) is 9.90 Å². The Bertz CT molecular complexity index is 258. The van der Waals surface area contributed by atoms with E-state index in [4.69, 9.17) is 0 Å². The van der Waals surface area contributed by atoms with Crippen molar-refractivity contribution in [2.24, 2.45) is 0 Å². The summed E-state index contributed by atoms with van der Waals surface area (Å²) in [5, 5.41) is 10.2. The van der Waals surface area contributed by atoms with Gasteiger partial charge in [-0.2, -0.15) is 0 Å². The Kier molecular flexibility index (Phi) is 2.06. The van der Waals surface area contributed by atoms with Crippen LogP contribution >= 0.6 is 15.9 Å². The summed E-state index contributed by atoms with van der Waals surface area (Å²) in [7, 11) is 0. The maximum absolute atomic E-state index is 10.2. The number of carbonyl (C=O) groups excluding carboxylic acids is 1. The maximum Gasteiger partial charge on any atom is 0.386 e. The Balaban J connectivity index is 3.07. The van der Waals surface area contributed by atoms with Gasteiger partial charge in [0.1, 0.15) is 0 Å². The minimum atomic E-state index is -1.15. The summed E-state index contributed by atoms with van der Waals surface area (Å²) in [6.07, 6.45) is 0. The molecule has 1 radical (unpaired) electrons. The lowest BCUT2D eigenvalue weighted by Crippen LogP contribution is -1.92. The molecule has 0 heterocycles. The largest absolute Gasteiger partial charge is 0.386 e. The molecule has 0 bridgehead atoms. The monoisotopic (exact) mass is 199 g/mol.